The zero-order valence-corrected chi connectivity index (χ0v) is 17.6. The molecular formula is C26H25N3O. The van der Waals surface area contributed by atoms with Crippen molar-refractivity contribution in [2.45, 2.75) is 12.8 Å². The molecular weight excluding hydrogens is 370 g/mol. The van der Waals surface area contributed by atoms with Crippen LogP contribution >= 0.6 is 0 Å². The minimum atomic E-state index is 0.423. The molecule has 0 atom stereocenters. The number of aryl methyl sites for hydroxylation is 2. The van der Waals surface area contributed by atoms with Gasteiger partial charge in [0.2, 0.25) is 5.96 Å². The molecule has 4 nitrogen and oxygen atoms in total. The maximum absolute atomic E-state index is 8.92. The highest BCUT2D eigenvalue weighted by molar-refractivity contribution is 6.08. The highest BCUT2D eigenvalue weighted by Gasteiger charge is 2.22. The molecule has 1 aliphatic carbocycles. The van der Waals surface area contributed by atoms with Crippen molar-refractivity contribution in [3.8, 4) is 5.75 Å². The van der Waals surface area contributed by atoms with Crippen LogP contribution in [0.3, 0.4) is 0 Å². The Hall–Kier alpha value is -3.53. The predicted octanol–water partition coefficient (Wildman–Crippen LogP) is 5.61. The van der Waals surface area contributed by atoms with Crippen LogP contribution in [0.5, 0.6) is 5.75 Å². The van der Waals surface area contributed by atoms with Crippen molar-refractivity contribution >= 4 is 38.9 Å². The van der Waals surface area contributed by atoms with Gasteiger partial charge in [-0.3, -0.25) is 5.41 Å². The number of guanidine groups is 1. The van der Waals surface area contributed by atoms with Crippen molar-refractivity contribution in [2.24, 2.45) is 0 Å². The average molecular weight is 396 g/mol. The van der Waals surface area contributed by atoms with E-state index < -0.39 is 0 Å². The van der Waals surface area contributed by atoms with Crippen LogP contribution in [0.4, 0.5) is 11.4 Å². The summed E-state index contributed by atoms with van der Waals surface area (Å²) >= 11 is 0. The molecule has 0 unspecified atom stereocenters. The standard InChI is InChI=1S/C26H25N3O/c1-28(20-15-19-7-4-5-10-21(19)24(16-20)30-3)26(27)29(2)23-14-12-18-9-6-8-17-11-13-22(23)25(17)18/h4-10,12,14-16,27H,11,13H2,1-3H3. The lowest BCUT2D eigenvalue weighted by molar-refractivity contribution is 0.420. The number of hydrogen-bond donors (Lipinski definition) is 1. The molecule has 4 aromatic carbocycles. The third-order valence-corrected chi connectivity index (χ3v) is 6.27. The Morgan fingerprint density at radius 2 is 1.67 bits per heavy atom. The Balaban J connectivity index is 1.53. The molecule has 0 saturated heterocycles. The molecule has 0 heterocycles. The number of nitrogens with zero attached hydrogens (tertiary/aromatic N) is 2. The maximum atomic E-state index is 8.92. The second kappa shape index (κ2) is 7.06. The summed E-state index contributed by atoms with van der Waals surface area (Å²) in [6.07, 6.45) is 2.10. The second-order valence-electron chi connectivity index (χ2n) is 7.89. The van der Waals surface area contributed by atoms with E-state index >= 15 is 0 Å². The van der Waals surface area contributed by atoms with Crippen LogP contribution in [0, 0.1) is 5.41 Å². The lowest BCUT2D eigenvalue weighted by Crippen LogP contribution is -2.40. The van der Waals surface area contributed by atoms with Gasteiger partial charge in [0.25, 0.3) is 0 Å². The average Bonchev–Trinajstić information content (AvgIpc) is 3.23. The fourth-order valence-corrected chi connectivity index (χ4v) is 4.64. The van der Waals surface area contributed by atoms with E-state index in [-0.39, 0.29) is 0 Å². The van der Waals surface area contributed by atoms with E-state index in [4.69, 9.17) is 10.1 Å². The van der Waals surface area contributed by atoms with E-state index in [2.05, 4.69) is 48.5 Å². The molecule has 1 N–H and O–H groups in total. The first-order valence-electron chi connectivity index (χ1n) is 10.2. The van der Waals surface area contributed by atoms with E-state index in [0.717, 1.165) is 40.7 Å². The van der Waals surface area contributed by atoms with Gasteiger partial charge in [0, 0.05) is 36.9 Å². The van der Waals surface area contributed by atoms with Crippen LogP contribution in [-0.4, -0.2) is 27.2 Å². The molecule has 0 radical (unpaired) electrons. The molecule has 1 aliphatic rings. The van der Waals surface area contributed by atoms with Gasteiger partial charge in [-0.15, -0.1) is 0 Å². The number of benzene rings is 4. The summed E-state index contributed by atoms with van der Waals surface area (Å²) in [4.78, 5) is 3.89. The molecule has 0 saturated carbocycles. The van der Waals surface area contributed by atoms with Gasteiger partial charge in [-0.2, -0.15) is 0 Å². The number of fused-ring (bicyclic) bond motifs is 1. The van der Waals surface area contributed by atoms with Crippen LogP contribution in [0.15, 0.2) is 66.7 Å². The lowest BCUT2D eigenvalue weighted by atomic mass is 10.0. The highest BCUT2D eigenvalue weighted by atomic mass is 16.5. The first-order chi connectivity index (χ1) is 14.6. The summed E-state index contributed by atoms with van der Waals surface area (Å²) in [5.41, 5.74) is 4.80. The van der Waals surface area contributed by atoms with Gasteiger partial charge in [0.05, 0.1) is 7.11 Å². The summed E-state index contributed by atoms with van der Waals surface area (Å²) in [5, 5.41) is 13.7. The summed E-state index contributed by atoms with van der Waals surface area (Å²) in [6, 6.07) is 23.1. The van der Waals surface area contributed by atoms with Crippen LogP contribution in [0.1, 0.15) is 11.1 Å². The number of methoxy groups -OCH3 is 1. The molecule has 30 heavy (non-hydrogen) atoms. The minimum absolute atomic E-state index is 0.423. The fraction of sp³-hybridized carbons (Fsp3) is 0.192. The van der Waals surface area contributed by atoms with Crippen molar-refractivity contribution in [3.05, 3.63) is 77.9 Å². The van der Waals surface area contributed by atoms with E-state index in [1.807, 2.05) is 42.1 Å². The third kappa shape index (κ3) is 2.79. The summed E-state index contributed by atoms with van der Waals surface area (Å²) < 4.78 is 5.62. The number of rotatable bonds is 3. The summed E-state index contributed by atoms with van der Waals surface area (Å²) in [5.74, 6) is 1.24. The number of nitrogens with one attached hydrogen (secondary N) is 1. The summed E-state index contributed by atoms with van der Waals surface area (Å²) in [7, 11) is 5.61. The van der Waals surface area contributed by atoms with Gasteiger partial charge >= 0.3 is 0 Å². The van der Waals surface area contributed by atoms with Crippen molar-refractivity contribution in [1.29, 1.82) is 5.41 Å². The van der Waals surface area contributed by atoms with Crippen molar-refractivity contribution < 1.29 is 4.74 Å². The zero-order valence-electron chi connectivity index (χ0n) is 17.6. The Morgan fingerprint density at radius 3 is 2.50 bits per heavy atom. The van der Waals surface area contributed by atoms with Crippen molar-refractivity contribution in [3.63, 3.8) is 0 Å². The van der Waals surface area contributed by atoms with Gasteiger partial charge in [-0.25, -0.2) is 0 Å². The highest BCUT2D eigenvalue weighted by Crippen LogP contribution is 2.37. The van der Waals surface area contributed by atoms with Crippen LogP contribution < -0.4 is 14.5 Å². The molecule has 4 aromatic rings. The topological polar surface area (TPSA) is 39.6 Å². The molecule has 0 spiro atoms. The fourth-order valence-electron chi connectivity index (χ4n) is 4.64. The molecule has 0 aromatic heterocycles. The van der Waals surface area contributed by atoms with E-state index in [1.54, 1.807) is 7.11 Å². The van der Waals surface area contributed by atoms with Gasteiger partial charge in [0.15, 0.2) is 0 Å². The zero-order chi connectivity index (χ0) is 20.8. The predicted molar refractivity (Wildman–Crippen MR) is 126 cm³/mol. The molecule has 0 aliphatic heterocycles. The molecule has 4 heteroatoms. The monoisotopic (exact) mass is 395 g/mol. The van der Waals surface area contributed by atoms with Gasteiger partial charge < -0.3 is 14.5 Å². The van der Waals surface area contributed by atoms with E-state index in [9.17, 15) is 0 Å². The molecule has 0 amide bonds. The molecule has 0 fully saturated rings. The number of ether oxygens (including phenoxy) is 1. The normalized spacial score (nSPS) is 12.4. The maximum Gasteiger partial charge on any atom is 0.202 e. The lowest BCUT2D eigenvalue weighted by Gasteiger charge is -2.30. The van der Waals surface area contributed by atoms with Crippen LogP contribution in [0.2, 0.25) is 0 Å². The van der Waals surface area contributed by atoms with Crippen LogP contribution in [0.25, 0.3) is 21.5 Å². The first-order valence-corrected chi connectivity index (χ1v) is 10.2. The molecule has 5 rings (SSSR count). The van der Waals surface area contributed by atoms with E-state index in [0.29, 0.717) is 5.96 Å². The second-order valence-corrected chi connectivity index (χ2v) is 7.89. The minimum Gasteiger partial charge on any atom is -0.496 e. The van der Waals surface area contributed by atoms with Gasteiger partial charge in [-0.1, -0.05) is 48.5 Å². The Labute approximate surface area is 176 Å². The Bertz CT molecular complexity index is 1290. The van der Waals surface area contributed by atoms with E-state index in [1.165, 1.54) is 21.9 Å². The quantitative estimate of drug-likeness (QED) is 0.362. The smallest absolute Gasteiger partial charge is 0.202 e. The summed E-state index contributed by atoms with van der Waals surface area (Å²) in [6.45, 7) is 0. The number of anilines is 2. The van der Waals surface area contributed by atoms with Crippen LogP contribution in [-0.2, 0) is 12.8 Å². The SMILES string of the molecule is COc1cc(N(C)C(=N)N(C)c2ccc3cccc4c3c2CC4)cc2ccccc12. The molecule has 150 valence electrons. The molecule has 0 bridgehead atoms. The van der Waals surface area contributed by atoms with Gasteiger partial charge in [-0.05, 0) is 52.3 Å². The van der Waals surface area contributed by atoms with Crippen molar-refractivity contribution in [1.82, 2.24) is 0 Å². The first kappa shape index (κ1) is 18.5. The Kier molecular flexibility index (Phi) is 4.35. The largest absolute Gasteiger partial charge is 0.496 e. The van der Waals surface area contributed by atoms with Gasteiger partial charge in [0.1, 0.15) is 5.75 Å². The van der Waals surface area contributed by atoms with Crippen molar-refractivity contribution in [2.75, 3.05) is 31.0 Å². The Morgan fingerprint density at radius 1 is 0.867 bits per heavy atom. The third-order valence-electron chi connectivity index (χ3n) is 6.27. The number of hydrogen-bond acceptors (Lipinski definition) is 2.